The third kappa shape index (κ3) is 3.07. The molecule has 0 aliphatic heterocycles. The molecule has 0 saturated carbocycles. The van der Waals surface area contributed by atoms with Crippen molar-refractivity contribution >= 4 is 22.1 Å². The predicted molar refractivity (Wildman–Crippen MR) is 74.9 cm³/mol. The normalized spacial score (nSPS) is 13.4. The molecule has 0 aliphatic rings. The second kappa shape index (κ2) is 4.86. The molecule has 2 heterocycles. The highest BCUT2D eigenvalue weighted by Gasteiger charge is 2.20. The quantitative estimate of drug-likeness (QED) is 0.871. The lowest BCUT2D eigenvalue weighted by atomic mass is 10.2. The molecule has 0 fully saturated rings. The summed E-state index contributed by atoms with van der Waals surface area (Å²) in [5, 5.41) is 3.34. The fraction of sp³-hybridized carbons (Fsp3) is 0.364. The average molecular weight is 298 g/mol. The maximum absolute atomic E-state index is 11.6. The van der Waals surface area contributed by atoms with Crippen LogP contribution in [0.25, 0.3) is 11.3 Å². The van der Waals surface area contributed by atoms with E-state index in [9.17, 15) is 8.42 Å². The molecule has 2 aromatic rings. The van der Waals surface area contributed by atoms with Gasteiger partial charge in [-0.2, -0.15) is 5.10 Å². The van der Waals surface area contributed by atoms with Crippen LogP contribution in [0.15, 0.2) is 18.5 Å². The van der Waals surface area contributed by atoms with Gasteiger partial charge in [0.2, 0.25) is 0 Å². The third-order valence-electron chi connectivity index (χ3n) is 2.80. The van der Waals surface area contributed by atoms with E-state index < -0.39 is 15.1 Å². The number of aryl methyl sites for hydroxylation is 1. The van der Waals surface area contributed by atoms with Crippen LogP contribution in [0.3, 0.4) is 0 Å². The number of rotatable bonds is 3. The van der Waals surface area contributed by atoms with Gasteiger partial charge in [-0.05, 0) is 13.0 Å². The maximum Gasteiger partial charge on any atom is 0.157 e. The lowest BCUT2D eigenvalue weighted by Gasteiger charge is -2.10. The summed E-state index contributed by atoms with van der Waals surface area (Å²) in [6, 6.07) is 1.69. The third-order valence-corrected chi connectivity index (χ3v) is 4.52. The van der Waals surface area contributed by atoms with Crippen LogP contribution in [0.2, 0.25) is 0 Å². The van der Waals surface area contributed by atoms with Crippen LogP contribution in [-0.2, 0) is 16.9 Å². The second-order valence-electron chi connectivity index (χ2n) is 4.39. The lowest BCUT2D eigenvalue weighted by Crippen LogP contribution is -2.11. The van der Waals surface area contributed by atoms with Crippen molar-refractivity contribution in [2.24, 2.45) is 7.05 Å². The molecule has 0 radical (unpaired) electrons. The Morgan fingerprint density at radius 2 is 2.16 bits per heavy atom. The molecular weight excluding hydrogens is 284 g/mol. The summed E-state index contributed by atoms with van der Waals surface area (Å²) in [5.74, 6) is 0.342. The first kappa shape index (κ1) is 13.9. The molecule has 0 aromatic carbocycles. The topological polar surface area (TPSA) is 80.6 Å². The first-order valence-corrected chi connectivity index (χ1v) is 7.93. The zero-order valence-corrected chi connectivity index (χ0v) is 12.4. The minimum absolute atomic E-state index is 0.342. The standard InChI is InChI=1S/C11H14N4O2S2/c1-7(19(3,16)17)11-13-9(4-10(18)14-11)8-5-12-15(2)6-8/h4-7H,1-3H3,(H,13,14,18). The van der Waals surface area contributed by atoms with Gasteiger partial charge in [0.1, 0.15) is 15.7 Å². The fourth-order valence-corrected chi connectivity index (χ4v) is 2.32. The number of sulfone groups is 1. The first-order chi connectivity index (χ1) is 8.77. The van der Waals surface area contributed by atoms with Gasteiger partial charge < -0.3 is 4.98 Å². The minimum Gasteiger partial charge on any atom is -0.342 e. The molecule has 1 unspecified atom stereocenters. The summed E-state index contributed by atoms with van der Waals surface area (Å²) < 4.78 is 25.2. The highest BCUT2D eigenvalue weighted by atomic mass is 32.2. The second-order valence-corrected chi connectivity index (χ2v) is 7.18. The molecule has 0 spiro atoms. The van der Waals surface area contributed by atoms with E-state index in [2.05, 4.69) is 15.1 Å². The van der Waals surface area contributed by atoms with Crippen molar-refractivity contribution in [1.29, 1.82) is 0 Å². The average Bonchev–Trinajstić information content (AvgIpc) is 2.73. The van der Waals surface area contributed by atoms with Crippen LogP contribution >= 0.6 is 12.2 Å². The van der Waals surface area contributed by atoms with Gasteiger partial charge in [0.15, 0.2) is 9.84 Å². The van der Waals surface area contributed by atoms with Crippen molar-refractivity contribution < 1.29 is 8.42 Å². The number of hydrogen-bond acceptors (Lipinski definition) is 5. The van der Waals surface area contributed by atoms with Gasteiger partial charge >= 0.3 is 0 Å². The molecule has 0 saturated heterocycles. The van der Waals surface area contributed by atoms with Crippen molar-refractivity contribution in [3.8, 4) is 11.3 Å². The Morgan fingerprint density at radius 1 is 1.47 bits per heavy atom. The molecule has 8 heteroatoms. The van der Waals surface area contributed by atoms with Gasteiger partial charge in [-0.3, -0.25) is 4.68 Å². The Labute approximate surface area is 116 Å². The fourth-order valence-electron chi connectivity index (χ4n) is 1.59. The number of nitrogens with zero attached hydrogens (tertiary/aromatic N) is 3. The van der Waals surface area contributed by atoms with Crippen molar-refractivity contribution in [3.05, 3.63) is 28.9 Å². The zero-order chi connectivity index (χ0) is 14.2. The van der Waals surface area contributed by atoms with Crippen LogP contribution in [-0.4, -0.2) is 34.4 Å². The first-order valence-electron chi connectivity index (χ1n) is 5.56. The van der Waals surface area contributed by atoms with Gasteiger partial charge in [0.25, 0.3) is 0 Å². The highest BCUT2D eigenvalue weighted by Crippen LogP contribution is 2.21. The molecule has 0 amide bonds. The minimum atomic E-state index is -3.23. The molecule has 2 rings (SSSR count). The molecule has 2 aromatic heterocycles. The molecule has 19 heavy (non-hydrogen) atoms. The Balaban J connectivity index is 2.55. The SMILES string of the molecule is CC(c1nc(=S)cc(-c2cnn(C)c2)[nH]1)S(C)(=O)=O. The Hall–Kier alpha value is -1.54. The molecule has 1 atom stereocenters. The van der Waals surface area contributed by atoms with E-state index in [4.69, 9.17) is 12.2 Å². The summed E-state index contributed by atoms with van der Waals surface area (Å²) >= 11 is 5.08. The predicted octanol–water partition coefficient (Wildman–Crippen LogP) is 1.65. The smallest absolute Gasteiger partial charge is 0.157 e. The van der Waals surface area contributed by atoms with Gasteiger partial charge in [0, 0.05) is 25.1 Å². The largest absolute Gasteiger partial charge is 0.342 e. The van der Waals surface area contributed by atoms with E-state index in [1.807, 2.05) is 6.20 Å². The zero-order valence-electron chi connectivity index (χ0n) is 10.8. The summed E-state index contributed by atoms with van der Waals surface area (Å²) in [4.78, 5) is 7.10. The van der Waals surface area contributed by atoms with E-state index in [1.54, 1.807) is 30.9 Å². The van der Waals surface area contributed by atoms with Crippen molar-refractivity contribution in [2.45, 2.75) is 12.2 Å². The molecular formula is C11H14N4O2S2. The molecule has 102 valence electrons. The van der Waals surface area contributed by atoms with E-state index in [0.717, 1.165) is 5.56 Å². The van der Waals surface area contributed by atoms with Crippen LogP contribution < -0.4 is 0 Å². The van der Waals surface area contributed by atoms with Crippen LogP contribution in [0.4, 0.5) is 0 Å². The summed E-state index contributed by atoms with van der Waals surface area (Å²) in [5.41, 5.74) is 1.54. The van der Waals surface area contributed by atoms with E-state index in [0.29, 0.717) is 16.2 Å². The number of aromatic amines is 1. The van der Waals surface area contributed by atoms with E-state index >= 15 is 0 Å². The molecule has 0 bridgehead atoms. The summed E-state index contributed by atoms with van der Waals surface area (Å²) in [6.07, 6.45) is 4.66. The van der Waals surface area contributed by atoms with Crippen LogP contribution in [0, 0.1) is 4.64 Å². The van der Waals surface area contributed by atoms with E-state index in [1.165, 1.54) is 6.26 Å². The van der Waals surface area contributed by atoms with Gasteiger partial charge in [0.05, 0.1) is 11.9 Å². The monoisotopic (exact) mass is 298 g/mol. The number of hydrogen-bond donors (Lipinski definition) is 1. The van der Waals surface area contributed by atoms with Crippen molar-refractivity contribution in [2.75, 3.05) is 6.26 Å². The highest BCUT2D eigenvalue weighted by molar-refractivity contribution is 7.90. The summed E-state index contributed by atoms with van der Waals surface area (Å²) in [7, 11) is -1.42. The molecule has 0 aliphatic carbocycles. The Kier molecular flexibility index (Phi) is 3.55. The number of H-pyrrole nitrogens is 1. The number of aromatic nitrogens is 4. The van der Waals surface area contributed by atoms with Crippen molar-refractivity contribution in [3.63, 3.8) is 0 Å². The number of nitrogens with one attached hydrogen (secondary N) is 1. The van der Waals surface area contributed by atoms with Crippen LogP contribution in [0.1, 0.15) is 18.0 Å². The lowest BCUT2D eigenvalue weighted by molar-refractivity contribution is 0.589. The Morgan fingerprint density at radius 3 is 2.68 bits per heavy atom. The molecule has 6 nitrogen and oxygen atoms in total. The van der Waals surface area contributed by atoms with Crippen LogP contribution in [0.5, 0.6) is 0 Å². The summed E-state index contributed by atoms with van der Waals surface area (Å²) in [6.45, 7) is 1.58. The van der Waals surface area contributed by atoms with Gasteiger partial charge in [-0.25, -0.2) is 13.4 Å². The van der Waals surface area contributed by atoms with Crippen molar-refractivity contribution in [1.82, 2.24) is 19.7 Å². The Bertz CT molecular complexity index is 761. The van der Waals surface area contributed by atoms with Gasteiger partial charge in [-0.1, -0.05) is 12.2 Å². The maximum atomic E-state index is 11.6. The van der Waals surface area contributed by atoms with Gasteiger partial charge in [-0.15, -0.1) is 0 Å². The van der Waals surface area contributed by atoms with E-state index in [-0.39, 0.29) is 0 Å². The molecule has 1 N–H and O–H groups in total.